The molecule has 2 aromatic rings. The van der Waals surface area contributed by atoms with Gasteiger partial charge in [0.05, 0.1) is 12.9 Å². The van der Waals surface area contributed by atoms with Crippen LogP contribution in [0.3, 0.4) is 0 Å². The molecule has 2 aromatic heterocycles. The van der Waals surface area contributed by atoms with Crippen molar-refractivity contribution < 1.29 is 20.1 Å². The van der Waals surface area contributed by atoms with Gasteiger partial charge in [0.15, 0.2) is 17.2 Å². The van der Waals surface area contributed by atoms with E-state index in [2.05, 4.69) is 15.0 Å². The molecule has 0 bridgehead atoms. The number of aliphatic hydroxyl groups excluding tert-OH is 3. The number of fused-ring (bicyclic) bond motifs is 1. The number of aliphatic hydroxyl groups is 3. The Hall–Kier alpha value is -1.81. The topological polar surface area (TPSA) is 140 Å². The van der Waals surface area contributed by atoms with Crippen LogP contribution < -0.4 is 5.73 Å². The van der Waals surface area contributed by atoms with Crippen LogP contribution in [-0.2, 0) is 10.5 Å². The minimum Gasteiger partial charge on any atom is -0.394 e. The molecule has 0 amide bonds. The fourth-order valence-corrected chi connectivity index (χ4v) is 4.55. The molecule has 0 radical (unpaired) electrons. The molecule has 1 saturated carbocycles. The maximum Gasteiger partial charge on any atom is 0.181 e. The molecule has 2 fully saturated rings. The number of hydrogen-bond donors (Lipinski definition) is 4. The minimum atomic E-state index is -1.29. The lowest BCUT2D eigenvalue weighted by Crippen LogP contribution is -2.55. The Labute approximate surface area is 144 Å². The van der Waals surface area contributed by atoms with Gasteiger partial charge < -0.3 is 25.8 Å². The van der Waals surface area contributed by atoms with Crippen LogP contribution >= 0.6 is 0 Å². The average Bonchev–Trinajstić information content (AvgIpc) is 3.28. The van der Waals surface area contributed by atoms with E-state index in [0.29, 0.717) is 11.2 Å². The molecule has 3 heterocycles. The van der Waals surface area contributed by atoms with Crippen LogP contribution in [0.15, 0.2) is 12.7 Å². The number of aromatic nitrogens is 4. The highest BCUT2D eigenvalue weighted by Gasteiger charge is 2.65. The summed E-state index contributed by atoms with van der Waals surface area (Å²) in [5.41, 5.74) is 5.01. The minimum absolute atomic E-state index is 0.238. The van der Waals surface area contributed by atoms with Gasteiger partial charge in [0, 0.05) is 5.41 Å². The molecule has 0 unspecified atom stereocenters. The summed E-state index contributed by atoms with van der Waals surface area (Å²) in [7, 11) is 0. The third-order valence-electron chi connectivity index (χ3n) is 5.91. The molecule has 0 spiro atoms. The van der Waals surface area contributed by atoms with Gasteiger partial charge >= 0.3 is 0 Å². The zero-order chi connectivity index (χ0) is 17.8. The summed E-state index contributed by atoms with van der Waals surface area (Å²) in [4.78, 5) is 12.5. The van der Waals surface area contributed by atoms with Gasteiger partial charge in [-0.05, 0) is 12.8 Å². The van der Waals surface area contributed by atoms with Crippen molar-refractivity contribution in [2.24, 2.45) is 5.41 Å². The van der Waals surface area contributed by atoms with Crippen LogP contribution in [0.5, 0.6) is 0 Å². The first-order chi connectivity index (χ1) is 11.9. The summed E-state index contributed by atoms with van der Waals surface area (Å²) >= 11 is 0. The number of nitrogen functional groups attached to an aromatic ring is 1. The van der Waals surface area contributed by atoms with Crippen molar-refractivity contribution >= 4 is 17.0 Å². The van der Waals surface area contributed by atoms with E-state index in [-0.39, 0.29) is 12.4 Å². The molecule has 1 saturated heterocycles. The van der Waals surface area contributed by atoms with Crippen LogP contribution in [0.4, 0.5) is 5.82 Å². The Morgan fingerprint density at radius 1 is 1.28 bits per heavy atom. The Kier molecular flexibility index (Phi) is 3.73. The molecule has 1 aliphatic heterocycles. The number of anilines is 1. The van der Waals surface area contributed by atoms with Crippen LogP contribution in [0.1, 0.15) is 32.6 Å². The van der Waals surface area contributed by atoms with E-state index in [1.54, 1.807) is 4.57 Å². The maximum absolute atomic E-state index is 11.0. The van der Waals surface area contributed by atoms with Crippen molar-refractivity contribution in [3.05, 3.63) is 12.7 Å². The van der Waals surface area contributed by atoms with Crippen molar-refractivity contribution in [3.8, 4) is 0 Å². The van der Waals surface area contributed by atoms with Crippen LogP contribution in [0, 0.1) is 5.41 Å². The molecule has 136 valence electrons. The van der Waals surface area contributed by atoms with E-state index in [4.69, 9.17) is 10.5 Å². The fourth-order valence-electron chi connectivity index (χ4n) is 4.55. The molecule has 9 nitrogen and oxygen atoms in total. The van der Waals surface area contributed by atoms with E-state index < -0.39 is 29.5 Å². The van der Waals surface area contributed by atoms with Gasteiger partial charge in [0.1, 0.15) is 30.2 Å². The monoisotopic (exact) mass is 349 g/mol. The quantitative estimate of drug-likeness (QED) is 0.595. The molecular formula is C16H23N5O4. The number of hydrogen-bond acceptors (Lipinski definition) is 8. The maximum atomic E-state index is 11.0. The van der Waals surface area contributed by atoms with Crippen molar-refractivity contribution in [1.82, 2.24) is 19.5 Å². The molecule has 1 aliphatic carbocycles. The van der Waals surface area contributed by atoms with Gasteiger partial charge in [-0.15, -0.1) is 0 Å². The van der Waals surface area contributed by atoms with E-state index in [1.807, 2.05) is 6.92 Å². The van der Waals surface area contributed by atoms with Gasteiger partial charge in [-0.2, -0.15) is 0 Å². The van der Waals surface area contributed by atoms with Gasteiger partial charge in [-0.1, -0.05) is 19.8 Å². The van der Waals surface area contributed by atoms with Crippen LogP contribution in [0.25, 0.3) is 11.2 Å². The van der Waals surface area contributed by atoms with E-state index >= 15 is 0 Å². The molecular weight excluding hydrogens is 326 g/mol. The number of imidazole rings is 1. The SMILES string of the molecule is CC1([C@@]2(n3cnc4c(N)ncnc43)O[C@H](CO)[C@@H](O)[C@H]2O)CCCC1. The predicted molar refractivity (Wildman–Crippen MR) is 88.3 cm³/mol. The second-order valence-electron chi connectivity index (χ2n) is 7.28. The third kappa shape index (κ3) is 2.06. The number of ether oxygens (including phenoxy) is 1. The molecule has 0 aromatic carbocycles. The standard InChI is InChI=1S/C16H23N5O4/c1-15(4-2-3-5-15)16(12(24)11(23)9(6-22)25-16)21-8-20-10-13(17)18-7-19-14(10)21/h7-9,11-12,22-24H,2-6H2,1H3,(H2,17,18,19)/t9-,11-,12-,16+/m1/s1. The molecule has 4 rings (SSSR count). The first-order valence-corrected chi connectivity index (χ1v) is 8.53. The largest absolute Gasteiger partial charge is 0.394 e. The molecule has 5 N–H and O–H groups in total. The summed E-state index contributed by atoms with van der Waals surface area (Å²) in [5.74, 6) is 0.238. The molecule has 2 aliphatic rings. The van der Waals surface area contributed by atoms with Crippen molar-refractivity contribution in [3.63, 3.8) is 0 Å². The molecule has 9 heteroatoms. The Bertz CT molecular complexity index is 790. The average molecular weight is 349 g/mol. The zero-order valence-electron chi connectivity index (χ0n) is 14.0. The summed E-state index contributed by atoms with van der Waals surface area (Å²) < 4.78 is 7.84. The summed E-state index contributed by atoms with van der Waals surface area (Å²) in [5, 5.41) is 31.1. The fraction of sp³-hybridized carbons (Fsp3) is 0.688. The van der Waals surface area contributed by atoms with E-state index in [9.17, 15) is 15.3 Å². The van der Waals surface area contributed by atoms with Crippen LogP contribution in [-0.4, -0.2) is 59.8 Å². The van der Waals surface area contributed by atoms with Gasteiger partial charge in [0.25, 0.3) is 0 Å². The number of nitrogens with two attached hydrogens (primary N) is 1. The zero-order valence-corrected chi connectivity index (χ0v) is 14.0. The molecule has 4 atom stereocenters. The van der Waals surface area contributed by atoms with Crippen LogP contribution in [0.2, 0.25) is 0 Å². The van der Waals surface area contributed by atoms with Crippen molar-refractivity contribution in [2.45, 2.75) is 56.6 Å². The lowest BCUT2D eigenvalue weighted by atomic mass is 9.74. The van der Waals surface area contributed by atoms with Gasteiger partial charge in [-0.25, -0.2) is 15.0 Å². The highest BCUT2D eigenvalue weighted by atomic mass is 16.6. The number of rotatable bonds is 3. The lowest BCUT2D eigenvalue weighted by Gasteiger charge is -2.46. The number of nitrogens with zero attached hydrogens (tertiary/aromatic N) is 4. The normalized spacial score (nSPS) is 34.8. The summed E-state index contributed by atoms with van der Waals surface area (Å²) in [6, 6.07) is 0. The van der Waals surface area contributed by atoms with Gasteiger partial charge in [-0.3, -0.25) is 4.57 Å². The van der Waals surface area contributed by atoms with E-state index in [0.717, 1.165) is 25.7 Å². The summed E-state index contributed by atoms with van der Waals surface area (Å²) in [6.45, 7) is 1.64. The Balaban J connectivity index is 1.97. The smallest absolute Gasteiger partial charge is 0.181 e. The third-order valence-corrected chi connectivity index (χ3v) is 5.91. The van der Waals surface area contributed by atoms with Crippen molar-refractivity contribution in [2.75, 3.05) is 12.3 Å². The highest BCUT2D eigenvalue weighted by molar-refractivity contribution is 5.81. The second-order valence-corrected chi connectivity index (χ2v) is 7.28. The Morgan fingerprint density at radius 3 is 2.64 bits per heavy atom. The Morgan fingerprint density at radius 2 is 2.00 bits per heavy atom. The highest BCUT2D eigenvalue weighted by Crippen LogP contribution is 2.56. The summed E-state index contributed by atoms with van der Waals surface area (Å²) in [6.07, 6.45) is 3.15. The second kappa shape index (κ2) is 5.60. The first kappa shape index (κ1) is 16.6. The van der Waals surface area contributed by atoms with Gasteiger partial charge in [0.2, 0.25) is 0 Å². The first-order valence-electron chi connectivity index (χ1n) is 8.53. The van der Waals surface area contributed by atoms with Crippen molar-refractivity contribution in [1.29, 1.82) is 0 Å². The molecule has 25 heavy (non-hydrogen) atoms. The lowest BCUT2D eigenvalue weighted by molar-refractivity contribution is -0.216. The van der Waals surface area contributed by atoms with E-state index in [1.165, 1.54) is 12.7 Å². The predicted octanol–water partition coefficient (Wildman–Crippen LogP) is -0.246.